The van der Waals surface area contributed by atoms with Crippen LogP contribution in [0.4, 0.5) is 11.5 Å². The number of nitrogen functional groups attached to an aromatic ring is 1. The summed E-state index contributed by atoms with van der Waals surface area (Å²) in [4.78, 5) is 25.5. The molecular formula is C26H23N7O. The molecule has 1 amide bonds. The molecule has 2 aromatic carbocycles. The molecule has 3 heterocycles. The van der Waals surface area contributed by atoms with Gasteiger partial charge in [0.15, 0.2) is 11.5 Å². The second-order valence-electron chi connectivity index (χ2n) is 7.88. The van der Waals surface area contributed by atoms with Crippen molar-refractivity contribution >= 4 is 28.6 Å². The number of hydrogen-bond acceptors (Lipinski definition) is 6. The second-order valence-corrected chi connectivity index (χ2v) is 7.88. The number of nitrogens with zero attached hydrogens (tertiary/aromatic N) is 4. The van der Waals surface area contributed by atoms with Gasteiger partial charge in [0.25, 0.3) is 0 Å². The summed E-state index contributed by atoms with van der Waals surface area (Å²) in [5, 5.41) is 2.82. The summed E-state index contributed by atoms with van der Waals surface area (Å²) in [6, 6.07) is 23.1. The molecule has 0 bridgehead atoms. The molecule has 0 aliphatic rings. The van der Waals surface area contributed by atoms with Crippen molar-refractivity contribution in [2.24, 2.45) is 5.73 Å². The zero-order chi connectivity index (χ0) is 23.7. The Kier molecular flexibility index (Phi) is 5.49. The van der Waals surface area contributed by atoms with Crippen molar-refractivity contribution in [2.75, 3.05) is 11.1 Å². The van der Waals surface area contributed by atoms with Crippen molar-refractivity contribution in [3.8, 4) is 28.3 Å². The zero-order valence-electron chi connectivity index (χ0n) is 18.6. The predicted octanol–water partition coefficient (Wildman–Crippen LogP) is 4.15. The number of imidazole rings is 1. The van der Waals surface area contributed by atoms with Gasteiger partial charge < -0.3 is 16.8 Å². The number of carbonyl (C=O) groups excluding carboxylic acids is 1. The lowest BCUT2D eigenvalue weighted by Gasteiger charge is -2.11. The quantitative estimate of drug-likeness (QED) is 0.370. The van der Waals surface area contributed by atoms with E-state index in [1.807, 2.05) is 77.4 Å². The molecule has 8 heteroatoms. The van der Waals surface area contributed by atoms with E-state index in [0.29, 0.717) is 29.5 Å². The van der Waals surface area contributed by atoms with Crippen LogP contribution in [0.15, 0.2) is 79.0 Å². The molecule has 0 aliphatic carbocycles. The van der Waals surface area contributed by atoms with Gasteiger partial charge in [0.05, 0.1) is 11.3 Å². The van der Waals surface area contributed by atoms with Gasteiger partial charge in [0, 0.05) is 36.6 Å². The Morgan fingerprint density at radius 1 is 1.00 bits per heavy atom. The van der Waals surface area contributed by atoms with E-state index in [1.54, 1.807) is 6.20 Å². The van der Waals surface area contributed by atoms with Crippen LogP contribution in [0.1, 0.15) is 12.5 Å². The third-order valence-corrected chi connectivity index (χ3v) is 5.49. The van der Waals surface area contributed by atoms with Gasteiger partial charge in [0.1, 0.15) is 11.3 Å². The van der Waals surface area contributed by atoms with E-state index in [0.717, 1.165) is 33.6 Å². The number of fused-ring (bicyclic) bond motifs is 1. The van der Waals surface area contributed by atoms with Gasteiger partial charge in [-0.3, -0.25) is 9.36 Å². The smallest absolute Gasteiger partial charge is 0.221 e. The van der Waals surface area contributed by atoms with Crippen molar-refractivity contribution in [3.05, 3.63) is 84.6 Å². The van der Waals surface area contributed by atoms with Crippen LogP contribution in [-0.4, -0.2) is 25.4 Å². The van der Waals surface area contributed by atoms with E-state index in [4.69, 9.17) is 21.4 Å². The number of hydrogen-bond donors (Lipinski definition) is 3. The first kappa shape index (κ1) is 21.3. The van der Waals surface area contributed by atoms with E-state index >= 15 is 0 Å². The number of anilines is 2. The maximum atomic E-state index is 11.5. The highest BCUT2D eigenvalue weighted by molar-refractivity contribution is 5.90. The average molecular weight is 450 g/mol. The number of nitrogens with two attached hydrogens (primary N) is 2. The molecule has 0 radical (unpaired) electrons. The van der Waals surface area contributed by atoms with Crippen LogP contribution >= 0.6 is 0 Å². The first-order valence-corrected chi connectivity index (χ1v) is 10.8. The lowest BCUT2D eigenvalue weighted by Crippen LogP contribution is -2.05. The summed E-state index contributed by atoms with van der Waals surface area (Å²) in [5.74, 6) is 0.914. The van der Waals surface area contributed by atoms with Gasteiger partial charge in [-0.05, 0) is 54.1 Å². The number of carbonyl (C=O) groups is 1. The fourth-order valence-corrected chi connectivity index (χ4v) is 3.89. The Morgan fingerprint density at radius 3 is 2.56 bits per heavy atom. The maximum absolute atomic E-state index is 11.5. The first-order chi connectivity index (χ1) is 16.5. The minimum absolute atomic E-state index is 0.127. The van der Waals surface area contributed by atoms with Gasteiger partial charge in [-0.1, -0.05) is 24.3 Å². The highest BCUT2D eigenvalue weighted by atomic mass is 16.1. The lowest BCUT2D eigenvalue weighted by molar-refractivity contribution is -0.114. The van der Waals surface area contributed by atoms with Crippen LogP contribution < -0.4 is 16.8 Å². The topological polar surface area (TPSA) is 125 Å². The fourth-order valence-electron chi connectivity index (χ4n) is 3.89. The Morgan fingerprint density at radius 2 is 1.82 bits per heavy atom. The molecule has 0 saturated carbocycles. The lowest BCUT2D eigenvalue weighted by atomic mass is 10.1. The third kappa shape index (κ3) is 3.98. The number of aromatic nitrogens is 4. The van der Waals surface area contributed by atoms with Crippen molar-refractivity contribution < 1.29 is 4.79 Å². The predicted molar refractivity (Wildman–Crippen MR) is 134 cm³/mol. The SMILES string of the molecule is CC(=O)Nc1cccc(-c2ccc3nc(-c4cccnc4N)n(-c4ccc(CN)cc4)c3n2)c1. The molecule has 34 heavy (non-hydrogen) atoms. The molecule has 5 rings (SSSR count). The number of rotatable bonds is 5. The molecule has 0 atom stereocenters. The molecule has 5 N–H and O–H groups in total. The molecule has 3 aromatic heterocycles. The molecule has 8 nitrogen and oxygen atoms in total. The van der Waals surface area contributed by atoms with Crippen LogP contribution in [0, 0.1) is 0 Å². The maximum Gasteiger partial charge on any atom is 0.221 e. The standard InChI is InChI=1S/C26H23N7O/c1-16(34)30-19-5-2-4-18(14-19)22-11-12-23-26(31-22)33(20-9-7-17(15-27)8-10-20)25(32-23)21-6-3-13-29-24(21)28/h2-14H,15,27H2,1H3,(H2,28,29)(H,30,34). The monoisotopic (exact) mass is 449 g/mol. The molecule has 0 fully saturated rings. The Bertz CT molecular complexity index is 1510. The molecule has 0 saturated heterocycles. The number of nitrogens with one attached hydrogen (secondary N) is 1. The van der Waals surface area contributed by atoms with E-state index in [9.17, 15) is 4.79 Å². The highest BCUT2D eigenvalue weighted by Crippen LogP contribution is 2.32. The minimum atomic E-state index is -0.127. The summed E-state index contributed by atoms with van der Waals surface area (Å²) < 4.78 is 1.98. The summed E-state index contributed by atoms with van der Waals surface area (Å²) in [7, 11) is 0. The highest BCUT2D eigenvalue weighted by Gasteiger charge is 2.18. The van der Waals surface area contributed by atoms with Crippen LogP contribution in [0.3, 0.4) is 0 Å². The molecule has 0 unspecified atom stereocenters. The molecular weight excluding hydrogens is 426 g/mol. The van der Waals surface area contributed by atoms with E-state index in [1.165, 1.54) is 6.92 Å². The summed E-state index contributed by atoms with van der Waals surface area (Å²) in [6.45, 7) is 1.94. The Hall–Kier alpha value is -4.56. The zero-order valence-corrected chi connectivity index (χ0v) is 18.6. The summed E-state index contributed by atoms with van der Waals surface area (Å²) >= 11 is 0. The molecule has 5 aromatic rings. The van der Waals surface area contributed by atoms with Crippen molar-refractivity contribution in [1.29, 1.82) is 0 Å². The normalized spacial score (nSPS) is 11.0. The van der Waals surface area contributed by atoms with Crippen LogP contribution in [0.5, 0.6) is 0 Å². The third-order valence-electron chi connectivity index (χ3n) is 5.49. The second kappa shape index (κ2) is 8.76. The van der Waals surface area contributed by atoms with Gasteiger partial charge >= 0.3 is 0 Å². The van der Waals surface area contributed by atoms with Gasteiger partial charge in [0.2, 0.25) is 5.91 Å². The van der Waals surface area contributed by atoms with Gasteiger partial charge in [-0.15, -0.1) is 0 Å². The molecule has 0 spiro atoms. The Balaban J connectivity index is 1.72. The fraction of sp³-hybridized carbons (Fsp3) is 0.0769. The van der Waals surface area contributed by atoms with E-state index in [2.05, 4.69) is 10.3 Å². The van der Waals surface area contributed by atoms with Crippen molar-refractivity contribution in [2.45, 2.75) is 13.5 Å². The summed E-state index contributed by atoms with van der Waals surface area (Å²) in [6.07, 6.45) is 1.65. The van der Waals surface area contributed by atoms with E-state index < -0.39 is 0 Å². The van der Waals surface area contributed by atoms with E-state index in [-0.39, 0.29) is 5.91 Å². The molecule has 0 aliphatic heterocycles. The van der Waals surface area contributed by atoms with Crippen molar-refractivity contribution in [3.63, 3.8) is 0 Å². The first-order valence-electron chi connectivity index (χ1n) is 10.8. The van der Waals surface area contributed by atoms with Crippen molar-refractivity contribution in [1.82, 2.24) is 19.5 Å². The summed E-state index contributed by atoms with van der Waals surface area (Å²) in [5.41, 5.74) is 18.4. The Labute approximate surface area is 196 Å². The molecule has 168 valence electrons. The largest absolute Gasteiger partial charge is 0.383 e. The number of pyridine rings is 2. The van der Waals surface area contributed by atoms with Crippen LogP contribution in [0.2, 0.25) is 0 Å². The van der Waals surface area contributed by atoms with Gasteiger partial charge in [-0.2, -0.15) is 0 Å². The van der Waals surface area contributed by atoms with Crippen LogP contribution in [0.25, 0.3) is 39.5 Å². The average Bonchev–Trinajstić information content (AvgIpc) is 3.22. The number of benzene rings is 2. The minimum Gasteiger partial charge on any atom is -0.383 e. The number of amides is 1. The van der Waals surface area contributed by atoms with Gasteiger partial charge in [-0.25, -0.2) is 15.0 Å². The van der Waals surface area contributed by atoms with Crippen LogP contribution in [-0.2, 0) is 11.3 Å².